The van der Waals surface area contributed by atoms with Crippen LogP contribution in [0, 0.1) is 5.21 Å². The number of aromatic nitrogens is 2. The minimum absolute atomic E-state index is 0.375. The molecule has 0 amide bonds. The van der Waals surface area contributed by atoms with Crippen molar-refractivity contribution in [3.63, 3.8) is 0 Å². The maximum Gasteiger partial charge on any atom is 0.334 e. The second kappa shape index (κ2) is 6.24. The van der Waals surface area contributed by atoms with Crippen molar-refractivity contribution in [1.82, 2.24) is 4.98 Å². The summed E-state index contributed by atoms with van der Waals surface area (Å²) in [4.78, 5) is 4.60. The highest BCUT2D eigenvalue weighted by atomic mass is 16.5. The molecule has 122 valence electrons. The maximum absolute atomic E-state index is 13.2. The second-order valence-corrected chi connectivity index (χ2v) is 5.69. The quantitative estimate of drug-likeness (QED) is 0.418. The fourth-order valence-electron chi connectivity index (χ4n) is 2.94. The Bertz CT molecular complexity index is 1030. The Kier molecular flexibility index (Phi) is 3.78. The summed E-state index contributed by atoms with van der Waals surface area (Å²) < 4.78 is 6.11. The molecular weight excluding hydrogens is 312 g/mol. The molecule has 25 heavy (non-hydrogen) atoms. The third-order valence-electron chi connectivity index (χ3n) is 4.18. The first-order chi connectivity index (χ1) is 12.3. The van der Waals surface area contributed by atoms with Crippen LogP contribution in [-0.4, -0.2) is 12.1 Å². The molecular formula is C21H16N2O2. The van der Waals surface area contributed by atoms with Gasteiger partial charge in [0.05, 0.1) is 18.1 Å². The number of methoxy groups -OCH3 is 1. The van der Waals surface area contributed by atoms with E-state index in [4.69, 9.17) is 4.74 Å². The summed E-state index contributed by atoms with van der Waals surface area (Å²) in [6, 6.07) is 24.7. The molecule has 3 aromatic carbocycles. The highest BCUT2D eigenvalue weighted by Gasteiger charge is 2.20. The Morgan fingerprint density at radius 1 is 0.800 bits per heavy atom. The first kappa shape index (κ1) is 15.1. The predicted octanol–water partition coefficient (Wildman–Crippen LogP) is 4.21. The van der Waals surface area contributed by atoms with Crippen LogP contribution in [0.4, 0.5) is 0 Å². The molecule has 0 saturated carbocycles. The van der Waals surface area contributed by atoms with Gasteiger partial charge in [0.25, 0.3) is 0 Å². The van der Waals surface area contributed by atoms with Gasteiger partial charge in [-0.3, -0.25) is 0 Å². The Morgan fingerprint density at radius 2 is 1.48 bits per heavy atom. The number of fused-ring (bicyclic) bond motifs is 1. The van der Waals surface area contributed by atoms with Crippen LogP contribution in [0.15, 0.2) is 78.9 Å². The summed E-state index contributed by atoms with van der Waals surface area (Å²) in [6.45, 7) is 0. The van der Waals surface area contributed by atoms with E-state index < -0.39 is 0 Å². The van der Waals surface area contributed by atoms with Crippen molar-refractivity contribution in [2.45, 2.75) is 0 Å². The van der Waals surface area contributed by atoms with Crippen LogP contribution in [0.25, 0.3) is 33.5 Å². The number of benzene rings is 3. The lowest BCUT2D eigenvalue weighted by Gasteiger charge is -2.14. The molecule has 1 aromatic heterocycles. The van der Waals surface area contributed by atoms with Crippen molar-refractivity contribution in [2.75, 3.05) is 7.11 Å². The molecule has 0 bridgehead atoms. The van der Waals surface area contributed by atoms with Crippen LogP contribution in [-0.2, 0) is 0 Å². The Balaban J connectivity index is 2.01. The van der Waals surface area contributed by atoms with E-state index in [1.165, 1.54) is 0 Å². The number of ether oxygens (including phenoxy) is 1. The topological polar surface area (TPSA) is 49.1 Å². The molecule has 0 saturated heterocycles. The molecule has 0 atom stereocenters. The largest absolute Gasteiger partial charge is 0.710 e. The average Bonchev–Trinajstić information content (AvgIpc) is 2.68. The smallest absolute Gasteiger partial charge is 0.334 e. The summed E-state index contributed by atoms with van der Waals surface area (Å²) in [5.74, 6) is 1.12. The number of para-hydroxylation sites is 1. The summed E-state index contributed by atoms with van der Waals surface area (Å²) in [6.07, 6.45) is 0. The SMILES string of the molecule is COc1ccc(-c2nc3ccccc3c(-c3ccccc3)[n+]2[O-])cc1. The van der Waals surface area contributed by atoms with Gasteiger partial charge < -0.3 is 9.94 Å². The Morgan fingerprint density at radius 3 is 2.20 bits per heavy atom. The van der Waals surface area contributed by atoms with Crippen molar-refractivity contribution in [3.8, 4) is 28.4 Å². The number of hydrogen-bond acceptors (Lipinski definition) is 3. The van der Waals surface area contributed by atoms with Gasteiger partial charge >= 0.3 is 5.82 Å². The third kappa shape index (κ3) is 2.68. The molecule has 4 nitrogen and oxygen atoms in total. The van der Waals surface area contributed by atoms with E-state index in [0.29, 0.717) is 11.5 Å². The molecule has 0 aliphatic rings. The van der Waals surface area contributed by atoms with Crippen molar-refractivity contribution in [2.24, 2.45) is 0 Å². The van der Waals surface area contributed by atoms with Crippen molar-refractivity contribution >= 4 is 10.9 Å². The fraction of sp³-hybridized carbons (Fsp3) is 0.0476. The van der Waals surface area contributed by atoms with Crippen LogP contribution < -0.4 is 9.47 Å². The molecule has 0 N–H and O–H groups in total. The molecule has 4 heteroatoms. The molecule has 0 aliphatic heterocycles. The second-order valence-electron chi connectivity index (χ2n) is 5.69. The van der Waals surface area contributed by atoms with Crippen molar-refractivity contribution < 1.29 is 9.47 Å². The van der Waals surface area contributed by atoms with Gasteiger partial charge in [0, 0.05) is 5.56 Å². The summed E-state index contributed by atoms with van der Waals surface area (Å²) >= 11 is 0. The normalized spacial score (nSPS) is 10.8. The number of rotatable bonds is 3. The van der Waals surface area contributed by atoms with Crippen molar-refractivity contribution in [1.29, 1.82) is 0 Å². The Labute approximate surface area is 145 Å². The lowest BCUT2D eigenvalue weighted by atomic mass is 10.1. The summed E-state index contributed by atoms with van der Waals surface area (Å²) in [7, 11) is 1.62. The van der Waals surface area contributed by atoms with Gasteiger partial charge in [-0.05, 0) is 41.4 Å². The zero-order valence-corrected chi connectivity index (χ0v) is 13.7. The molecule has 4 rings (SSSR count). The zero-order valence-electron chi connectivity index (χ0n) is 13.7. The molecule has 0 fully saturated rings. The standard InChI is InChI=1S/C21H16N2O2/c1-25-17-13-11-16(12-14-17)21-22-19-10-6-5-9-18(19)20(23(21)24)15-7-3-2-4-8-15/h2-14H,1H3. The first-order valence-corrected chi connectivity index (χ1v) is 8.00. The van der Waals surface area contributed by atoms with Crippen LogP contribution in [0.5, 0.6) is 5.75 Å². The molecule has 0 radical (unpaired) electrons. The van der Waals surface area contributed by atoms with Crippen LogP contribution in [0.1, 0.15) is 0 Å². The molecule has 0 aliphatic carbocycles. The van der Waals surface area contributed by atoms with Gasteiger partial charge in [-0.25, -0.2) is 4.73 Å². The van der Waals surface area contributed by atoms with Crippen LogP contribution in [0.2, 0.25) is 0 Å². The third-order valence-corrected chi connectivity index (χ3v) is 4.18. The van der Waals surface area contributed by atoms with Crippen LogP contribution >= 0.6 is 0 Å². The van der Waals surface area contributed by atoms with E-state index in [1.807, 2.05) is 78.9 Å². The summed E-state index contributed by atoms with van der Waals surface area (Å²) in [5, 5.41) is 14.0. The van der Waals surface area contributed by atoms with Gasteiger partial charge in [0.1, 0.15) is 11.4 Å². The fourth-order valence-corrected chi connectivity index (χ4v) is 2.94. The highest BCUT2D eigenvalue weighted by molar-refractivity contribution is 5.91. The first-order valence-electron chi connectivity index (χ1n) is 8.00. The maximum atomic E-state index is 13.2. The molecule has 0 spiro atoms. The monoisotopic (exact) mass is 328 g/mol. The summed E-state index contributed by atoms with van der Waals surface area (Å²) in [5.41, 5.74) is 3.01. The van der Waals surface area contributed by atoms with E-state index in [9.17, 15) is 5.21 Å². The van der Waals surface area contributed by atoms with E-state index in [2.05, 4.69) is 4.98 Å². The van der Waals surface area contributed by atoms with Crippen LogP contribution in [0.3, 0.4) is 0 Å². The van der Waals surface area contributed by atoms with Gasteiger partial charge in [0.15, 0.2) is 5.52 Å². The van der Waals surface area contributed by atoms with Gasteiger partial charge in [0.2, 0.25) is 0 Å². The molecule has 4 aromatic rings. The molecule has 1 heterocycles. The number of nitrogens with zero attached hydrogens (tertiary/aromatic N) is 2. The van der Waals surface area contributed by atoms with E-state index in [0.717, 1.165) is 32.5 Å². The lowest BCUT2D eigenvalue weighted by Crippen LogP contribution is -2.33. The van der Waals surface area contributed by atoms with E-state index >= 15 is 0 Å². The highest BCUT2D eigenvalue weighted by Crippen LogP contribution is 2.27. The van der Waals surface area contributed by atoms with Crippen molar-refractivity contribution in [3.05, 3.63) is 84.1 Å². The Hall–Kier alpha value is -3.40. The van der Waals surface area contributed by atoms with E-state index in [-0.39, 0.29) is 0 Å². The number of hydrogen-bond donors (Lipinski definition) is 0. The molecule has 0 unspecified atom stereocenters. The minimum Gasteiger partial charge on any atom is -0.710 e. The van der Waals surface area contributed by atoms with Gasteiger partial charge in [-0.1, -0.05) is 42.5 Å². The lowest BCUT2D eigenvalue weighted by molar-refractivity contribution is -0.583. The van der Waals surface area contributed by atoms with E-state index in [1.54, 1.807) is 7.11 Å². The minimum atomic E-state index is 0.375. The predicted molar refractivity (Wildman–Crippen MR) is 98.1 cm³/mol. The van der Waals surface area contributed by atoms with Gasteiger partial charge in [-0.2, -0.15) is 0 Å². The zero-order chi connectivity index (χ0) is 17.2. The van der Waals surface area contributed by atoms with Gasteiger partial charge in [-0.15, -0.1) is 0 Å². The average molecular weight is 328 g/mol.